The Labute approximate surface area is 128 Å². The molecule has 0 amide bonds. The summed E-state index contributed by atoms with van der Waals surface area (Å²) in [7, 11) is 0. The molecule has 1 saturated heterocycles. The zero-order valence-electron chi connectivity index (χ0n) is 14.0. The molecule has 1 aromatic heterocycles. The minimum absolute atomic E-state index is 0.329. The van der Waals surface area contributed by atoms with E-state index < -0.39 is 0 Å². The van der Waals surface area contributed by atoms with Gasteiger partial charge in [-0.25, -0.2) is 4.98 Å². The van der Waals surface area contributed by atoms with E-state index >= 15 is 0 Å². The van der Waals surface area contributed by atoms with Gasteiger partial charge in [-0.05, 0) is 38.5 Å². The number of nitrogens with one attached hydrogen (secondary N) is 1. The Morgan fingerprint density at radius 2 is 2.14 bits per heavy atom. The van der Waals surface area contributed by atoms with E-state index in [4.69, 9.17) is 0 Å². The molecule has 2 unspecified atom stereocenters. The lowest BCUT2D eigenvalue weighted by Gasteiger charge is -2.48. The average molecular weight is 290 g/mol. The maximum atomic E-state index is 4.33. The molecule has 0 bridgehead atoms. The molecular weight excluding hydrogens is 260 g/mol. The van der Waals surface area contributed by atoms with Crippen LogP contribution in [0, 0.1) is 18.8 Å². The maximum absolute atomic E-state index is 4.33. The topological polar surface area (TPSA) is 33.1 Å². The van der Waals surface area contributed by atoms with Gasteiger partial charge in [0.25, 0.3) is 0 Å². The first kappa shape index (κ1) is 15.0. The third-order valence-corrected chi connectivity index (χ3v) is 5.52. The summed E-state index contributed by atoms with van der Waals surface area (Å²) in [6.07, 6.45) is 6.82. The highest BCUT2D eigenvalue weighted by atomic mass is 15.3. The van der Waals surface area contributed by atoms with Crippen LogP contribution >= 0.6 is 0 Å². The van der Waals surface area contributed by atoms with E-state index in [1.807, 2.05) is 6.20 Å². The number of aryl methyl sites for hydroxylation is 1. The fourth-order valence-electron chi connectivity index (χ4n) is 3.83. The smallest absolute Gasteiger partial charge is 0.105 e. The SMILES string of the molecule is Cc1nccn1CCN1CC(C)(C2CC2)NCC1C(C)C. The molecule has 4 nitrogen and oxygen atoms in total. The molecule has 2 aliphatic rings. The lowest BCUT2D eigenvalue weighted by molar-refractivity contribution is 0.0496. The van der Waals surface area contributed by atoms with Gasteiger partial charge < -0.3 is 9.88 Å². The van der Waals surface area contributed by atoms with E-state index in [2.05, 4.69) is 53.7 Å². The molecule has 1 N–H and O–H groups in total. The van der Waals surface area contributed by atoms with Gasteiger partial charge in [-0.2, -0.15) is 0 Å². The van der Waals surface area contributed by atoms with Gasteiger partial charge in [0.05, 0.1) is 0 Å². The first-order valence-corrected chi connectivity index (χ1v) is 8.46. The monoisotopic (exact) mass is 290 g/mol. The quantitative estimate of drug-likeness (QED) is 0.903. The molecule has 3 rings (SSSR count). The van der Waals surface area contributed by atoms with Crippen LogP contribution in [0.1, 0.15) is 39.4 Å². The maximum Gasteiger partial charge on any atom is 0.105 e. The van der Waals surface area contributed by atoms with Crippen LogP contribution < -0.4 is 5.32 Å². The predicted molar refractivity (Wildman–Crippen MR) is 86.3 cm³/mol. The number of imidazole rings is 1. The summed E-state index contributed by atoms with van der Waals surface area (Å²) >= 11 is 0. The van der Waals surface area contributed by atoms with Crippen LogP contribution in [0.5, 0.6) is 0 Å². The molecule has 1 aliphatic carbocycles. The van der Waals surface area contributed by atoms with E-state index in [1.54, 1.807) is 0 Å². The van der Waals surface area contributed by atoms with Crippen molar-refractivity contribution >= 4 is 0 Å². The second-order valence-corrected chi connectivity index (χ2v) is 7.52. The van der Waals surface area contributed by atoms with E-state index in [0.717, 1.165) is 31.4 Å². The van der Waals surface area contributed by atoms with Gasteiger partial charge in [0, 0.05) is 50.2 Å². The molecule has 21 heavy (non-hydrogen) atoms. The zero-order chi connectivity index (χ0) is 15.0. The normalized spacial score (nSPS) is 31.0. The summed E-state index contributed by atoms with van der Waals surface area (Å²) in [4.78, 5) is 7.05. The van der Waals surface area contributed by atoms with Gasteiger partial charge in [0.15, 0.2) is 0 Å². The largest absolute Gasteiger partial charge is 0.334 e. The van der Waals surface area contributed by atoms with Gasteiger partial charge in [0.1, 0.15) is 5.82 Å². The first-order chi connectivity index (χ1) is 9.99. The third-order valence-electron chi connectivity index (χ3n) is 5.52. The van der Waals surface area contributed by atoms with Crippen molar-refractivity contribution in [3.8, 4) is 0 Å². The molecular formula is C17H30N4. The van der Waals surface area contributed by atoms with Crippen molar-refractivity contribution in [2.45, 2.75) is 58.7 Å². The Kier molecular flexibility index (Phi) is 4.10. The molecule has 2 atom stereocenters. The molecule has 2 fully saturated rings. The van der Waals surface area contributed by atoms with Gasteiger partial charge >= 0.3 is 0 Å². The summed E-state index contributed by atoms with van der Waals surface area (Å²) in [5.41, 5.74) is 0.329. The summed E-state index contributed by atoms with van der Waals surface area (Å²) in [6, 6.07) is 0.653. The Morgan fingerprint density at radius 3 is 2.71 bits per heavy atom. The van der Waals surface area contributed by atoms with E-state index in [9.17, 15) is 0 Å². The van der Waals surface area contributed by atoms with Crippen molar-refractivity contribution in [3.05, 3.63) is 18.2 Å². The minimum atomic E-state index is 0.329. The van der Waals surface area contributed by atoms with Crippen molar-refractivity contribution in [2.75, 3.05) is 19.6 Å². The first-order valence-electron chi connectivity index (χ1n) is 8.46. The van der Waals surface area contributed by atoms with Crippen LogP contribution in [0.4, 0.5) is 0 Å². The van der Waals surface area contributed by atoms with Crippen molar-refractivity contribution in [2.24, 2.45) is 11.8 Å². The molecule has 2 heterocycles. The molecule has 0 radical (unpaired) electrons. The minimum Gasteiger partial charge on any atom is -0.334 e. The van der Waals surface area contributed by atoms with Crippen LogP contribution in [0.2, 0.25) is 0 Å². The Balaban J connectivity index is 1.67. The molecule has 1 aliphatic heterocycles. The van der Waals surface area contributed by atoms with E-state index in [0.29, 0.717) is 17.5 Å². The number of aromatic nitrogens is 2. The lowest BCUT2D eigenvalue weighted by Crippen LogP contribution is -2.65. The van der Waals surface area contributed by atoms with Crippen molar-refractivity contribution in [1.82, 2.24) is 19.8 Å². The van der Waals surface area contributed by atoms with Gasteiger partial charge in [-0.3, -0.25) is 4.90 Å². The fraction of sp³-hybridized carbons (Fsp3) is 0.824. The molecule has 0 spiro atoms. The summed E-state index contributed by atoms with van der Waals surface area (Å²) < 4.78 is 2.27. The predicted octanol–water partition coefficient (Wildman–Crippen LogP) is 2.29. The highest BCUT2D eigenvalue weighted by molar-refractivity contribution is 5.04. The highest BCUT2D eigenvalue weighted by Crippen LogP contribution is 2.41. The molecule has 0 aromatic carbocycles. The number of rotatable bonds is 5. The van der Waals surface area contributed by atoms with Crippen LogP contribution in [0.15, 0.2) is 12.4 Å². The van der Waals surface area contributed by atoms with Gasteiger partial charge in [-0.15, -0.1) is 0 Å². The van der Waals surface area contributed by atoms with Crippen molar-refractivity contribution in [1.29, 1.82) is 0 Å². The number of hydrogen-bond acceptors (Lipinski definition) is 3. The summed E-state index contributed by atoms with van der Waals surface area (Å²) in [6.45, 7) is 13.7. The zero-order valence-corrected chi connectivity index (χ0v) is 14.0. The average Bonchev–Trinajstić information content (AvgIpc) is 3.21. The van der Waals surface area contributed by atoms with E-state index in [-0.39, 0.29) is 0 Å². The Bertz CT molecular complexity index is 477. The van der Waals surface area contributed by atoms with E-state index in [1.165, 1.54) is 19.4 Å². The summed E-state index contributed by atoms with van der Waals surface area (Å²) in [5.74, 6) is 2.71. The number of nitrogens with zero attached hydrogens (tertiary/aromatic N) is 3. The Hall–Kier alpha value is -0.870. The molecule has 1 aromatic rings. The number of piperazine rings is 1. The van der Waals surface area contributed by atoms with Crippen molar-refractivity contribution < 1.29 is 0 Å². The summed E-state index contributed by atoms with van der Waals surface area (Å²) in [5, 5.41) is 3.86. The lowest BCUT2D eigenvalue weighted by atomic mass is 9.88. The fourth-order valence-corrected chi connectivity index (χ4v) is 3.83. The molecule has 4 heteroatoms. The standard InChI is InChI=1S/C17H30N4/c1-13(2)16-11-19-17(4,15-5-6-15)12-21(16)10-9-20-8-7-18-14(20)3/h7-8,13,15-16,19H,5-6,9-12H2,1-4H3. The van der Waals surface area contributed by atoms with Crippen molar-refractivity contribution in [3.63, 3.8) is 0 Å². The molecule has 118 valence electrons. The molecule has 1 saturated carbocycles. The van der Waals surface area contributed by atoms with Gasteiger partial charge in [-0.1, -0.05) is 13.8 Å². The highest BCUT2D eigenvalue weighted by Gasteiger charge is 2.46. The van der Waals surface area contributed by atoms with Crippen LogP contribution in [0.3, 0.4) is 0 Å². The second-order valence-electron chi connectivity index (χ2n) is 7.52. The third kappa shape index (κ3) is 3.16. The Morgan fingerprint density at radius 1 is 1.38 bits per heavy atom. The van der Waals surface area contributed by atoms with Gasteiger partial charge in [0.2, 0.25) is 0 Å². The van der Waals surface area contributed by atoms with Crippen LogP contribution in [-0.4, -0.2) is 45.7 Å². The van der Waals surface area contributed by atoms with Crippen LogP contribution in [-0.2, 0) is 6.54 Å². The second kappa shape index (κ2) is 5.73. The van der Waals surface area contributed by atoms with Crippen LogP contribution in [0.25, 0.3) is 0 Å². The number of hydrogen-bond donors (Lipinski definition) is 1.